The van der Waals surface area contributed by atoms with Crippen LogP contribution >= 0.6 is 0 Å². The van der Waals surface area contributed by atoms with Crippen molar-refractivity contribution in [2.45, 2.75) is 32.2 Å². The molecule has 0 saturated carbocycles. The Balaban J connectivity index is 1.68. The van der Waals surface area contributed by atoms with Crippen molar-refractivity contribution in [1.82, 2.24) is 5.43 Å². The molecule has 6 heteroatoms. The van der Waals surface area contributed by atoms with Gasteiger partial charge in [-0.15, -0.1) is 0 Å². The molecule has 1 atom stereocenters. The van der Waals surface area contributed by atoms with Crippen LogP contribution in [-0.4, -0.2) is 28.4 Å². The van der Waals surface area contributed by atoms with Crippen LogP contribution < -0.4 is 29.4 Å². The number of nitrogens with one attached hydrogen (secondary N) is 1. The first-order valence-corrected chi connectivity index (χ1v) is 12.3. The molecule has 6 nitrogen and oxygen atoms in total. The molecule has 194 valence electrons. The average molecular weight is 501 g/mol. The molecule has 1 N–H and O–H groups in total. The molecule has 1 heterocycles. The van der Waals surface area contributed by atoms with Crippen molar-refractivity contribution >= 4 is 11.8 Å². The van der Waals surface area contributed by atoms with Crippen LogP contribution in [-0.2, 0) is 5.41 Å². The number of benzene rings is 3. The second kappa shape index (κ2) is 10.9. The first-order chi connectivity index (χ1) is 17.8. The summed E-state index contributed by atoms with van der Waals surface area (Å²) in [6.07, 6.45) is 6.33. The van der Waals surface area contributed by atoms with Gasteiger partial charge in [0.1, 0.15) is 0 Å². The van der Waals surface area contributed by atoms with Crippen LogP contribution in [0.1, 0.15) is 43.5 Å². The van der Waals surface area contributed by atoms with Gasteiger partial charge in [0, 0.05) is 0 Å². The lowest BCUT2D eigenvalue weighted by Crippen LogP contribution is -2.34. The van der Waals surface area contributed by atoms with E-state index in [1.165, 1.54) is 5.56 Å². The SMILES string of the molecule is COc1ccc(C=CC2=CC(c3ccc(OC)c(OC)c3)N(c3ccc(C(C)(C)C)cc3)N2)cc1OC. The smallest absolute Gasteiger partial charge is 0.161 e. The Hall–Kier alpha value is -4.06. The van der Waals surface area contributed by atoms with Crippen LogP contribution in [0.3, 0.4) is 0 Å². The van der Waals surface area contributed by atoms with Gasteiger partial charge in [-0.05, 0) is 70.7 Å². The molecule has 0 bridgehead atoms. The summed E-state index contributed by atoms with van der Waals surface area (Å²) in [6.45, 7) is 6.67. The molecule has 3 aromatic rings. The molecule has 0 spiro atoms. The second-order valence-electron chi connectivity index (χ2n) is 9.91. The minimum Gasteiger partial charge on any atom is -0.493 e. The standard InChI is InChI=1S/C31H36N2O4/c1-31(2,3)23-11-14-25(15-12-23)33-26(22-10-17-28(35-5)30(19-22)37-7)20-24(32-33)13-8-21-9-16-27(34-4)29(18-21)36-6/h8-20,26,32H,1-7H3. The molecule has 0 radical (unpaired) electrons. The van der Waals surface area contributed by atoms with E-state index in [0.29, 0.717) is 23.0 Å². The Morgan fingerprint density at radius 3 is 1.89 bits per heavy atom. The first kappa shape index (κ1) is 26.0. The molecule has 3 aromatic carbocycles. The van der Waals surface area contributed by atoms with Gasteiger partial charge in [-0.25, -0.2) is 0 Å². The van der Waals surface area contributed by atoms with E-state index in [1.807, 2.05) is 30.3 Å². The van der Waals surface area contributed by atoms with Crippen molar-refractivity contribution < 1.29 is 18.9 Å². The molecule has 4 rings (SSSR count). The Labute approximate surface area is 220 Å². The molecular weight excluding hydrogens is 464 g/mol. The summed E-state index contributed by atoms with van der Waals surface area (Å²) >= 11 is 0. The zero-order valence-electron chi connectivity index (χ0n) is 22.7. The maximum atomic E-state index is 5.58. The van der Waals surface area contributed by atoms with Crippen LogP contribution in [0.25, 0.3) is 6.08 Å². The minimum atomic E-state index is -0.0506. The molecule has 37 heavy (non-hydrogen) atoms. The van der Waals surface area contributed by atoms with Crippen molar-refractivity contribution in [3.05, 3.63) is 95.2 Å². The van der Waals surface area contributed by atoms with E-state index >= 15 is 0 Å². The molecular formula is C31H36N2O4. The van der Waals surface area contributed by atoms with E-state index in [1.54, 1.807) is 28.4 Å². The van der Waals surface area contributed by atoms with E-state index in [2.05, 4.69) is 79.8 Å². The molecule has 0 amide bonds. The van der Waals surface area contributed by atoms with E-state index in [4.69, 9.17) is 18.9 Å². The third-order valence-electron chi connectivity index (χ3n) is 6.49. The van der Waals surface area contributed by atoms with Crippen LogP contribution in [0.4, 0.5) is 5.69 Å². The number of ether oxygens (including phenoxy) is 4. The molecule has 0 aliphatic carbocycles. The summed E-state index contributed by atoms with van der Waals surface area (Å²) in [5.41, 5.74) is 9.10. The van der Waals surface area contributed by atoms with E-state index < -0.39 is 0 Å². The predicted octanol–water partition coefficient (Wildman–Crippen LogP) is 6.68. The van der Waals surface area contributed by atoms with E-state index in [-0.39, 0.29) is 11.5 Å². The predicted molar refractivity (Wildman–Crippen MR) is 150 cm³/mol. The van der Waals surface area contributed by atoms with Crippen molar-refractivity contribution in [1.29, 1.82) is 0 Å². The maximum Gasteiger partial charge on any atom is 0.161 e. The number of hydrogen-bond acceptors (Lipinski definition) is 6. The second-order valence-corrected chi connectivity index (χ2v) is 9.91. The highest BCUT2D eigenvalue weighted by atomic mass is 16.5. The third kappa shape index (κ3) is 5.69. The van der Waals surface area contributed by atoms with Gasteiger partial charge in [0.05, 0.1) is 45.9 Å². The van der Waals surface area contributed by atoms with Crippen molar-refractivity contribution in [3.63, 3.8) is 0 Å². The fraction of sp³-hybridized carbons (Fsp3) is 0.290. The molecule has 0 fully saturated rings. The zero-order chi connectivity index (χ0) is 26.6. The van der Waals surface area contributed by atoms with Gasteiger partial charge < -0.3 is 18.9 Å². The van der Waals surface area contributed by atoms with Crippen LogP contribution in [0.15, 0.2) is 78.5 Å². The lowest BCUT2D eigenvalue weighted by molar-refractivity contribution is 0.354. The Kier molecular flexibility index (Phi) is 7.67. The molecule has 0 aromatic heterocycles. The normalized spacial score (nSPS) is 15.4. The number of anilines is 1. The molecule has 1 aliphatic rings. The highest BCUT2D eigenvalue weighted by Crippen LogP contribution is 2.37. The van der Waals surface area contributed by atoms with Crippen molar-refractivity contribution in [3.8, 4) is 23.0 Å². The fourth-order valence-electron chi connectivity index (χ4n) is 4.36. The maximum absolute atomic E-state index is 5.58. The Morgan fingerprint density at radius 1 is 0.703 bits per heavy atom. The van der Waals surface area contributed by atoms with Gasteiger partial charge >= 0.3 is 0 Å². The van der Waals surface area contributed by atoms with Gasteiger partial charge in [-0.2, -0.15) is 0 Å². The summed E-state index contributed by atoms with van der Waals surface area (Å²) in [5, 5.41) is 2.17. The van der Waals surface area contributed by atoms with Crippen molar-refractivity contribution in [2.75, 3.05) is 33.4 Å². The highest BCUT2D eigenvalue weighted by Gasteiger charge is 2.27. The van der Waals surface area contributed by atoms with Gasteiger partial charge in [0.2, 0.25) is 0 Å². The van der Waals surface area contributed by atoms with Gasteiger partial charge in [0.25, 0.3) is 0 Å². The van der Waals surface area contributed by atoms with Gasteiger partial charge in [0.15, 0.2) is 23.0 Å². The molecule has 1 unspecified atom stereocenters. The first-order valence-electron chi connectivity index (χ1n) is 12.3. The van der Waals surface area contributed by atoms with Crippen LogP contribution in [0.5, 0.6) is 23.0 Å². The topological polar surface area (TPSA) is 52.2 Å². The Bertz CT molecular complexity index is 1290. The third-order valence-corrected chi connectivity index (χ3v) is 6.49. The fourth-order valence-corrected chi connectivity index (χ4v) is 4.36. The number of hydrogen-bond donors (Lipinski definition) is 1. The van der Waals surface area contributed by atoms with Gasteiger partial charge in [-0.1, -0.05) is 51.1 Å². The average Bonchev–Trinajstić information content (AvgIpc) is 3.35. The largest absolute Gasteiger partial charge is 0.493 e. The summed E-state index contributed by atoms with van der Waals surface area (Å²) in [6, 6.07) is 20.6. The minimum absolute atomic E-state index is 0.0506. The van der Waals surface area contributed by atoms with Crippen LogP contribution in [0.2, 0.25) is 0 Å². The quantitative estimate of drug-likeness (QED) is 0.372. The number of rotatable bonds is 8. The number of hydrazine groups is 1. The number of nitrogens with zero attached hydrogens (tertiary/aromatic N) is 1. The molecule has 1 aliphatic heterocycles. The summed E-state index contributed by atoms with van der Waals surface area (Å²) < 4.78 is 21.9. The monoisotopic (exact) mass is 500 g/mol. The number of methoxy groups -OCH3 is 4. The summed E-state index contributed by atoms with van der Waals surface area (Å²) in [5.74, 6) is 2.81. The van der Waals surface area contributed by atoms with E-state index in [0.717, 1.165) is 22.5 Å². The van der Waals surface area contributed by atoms with Gasteiger partial charge in [-0.3, -0.25) is 10.4 Å². The van der Waals surface area contributed by atoms with Crippen LogP contribution in [0, 0.1) is 0 Å². The summed E-state index contributed by atoms with van der Waals surface area (Å²) in [4.78, 5) is 0. The highest BCUT2D eigenvalue weighted by molar-refractivity contribution is 5.61. The Morgan fingerprint density at radius 2 is 1.30 bits per heavy atom. The lowest BCUT2D eigenvalue weighted by atomic mass is 9.87. The van der Waals surface area contributed by atoms with E-state index in [9.17, 15) is 0 Å². The number of allylic oxidation sites excluding steroid dienone is 1. The van der Waals surface area contributed by atoms with Crippen molar-refractivity contribution in [2.24, 2.45) is 0 Å². The summed E-state index contributed by atoms with van der Waals surface area (Å²) in [7, 11) is 6.58. The lowest BCUT2D eigenvalue weighted by Gasteiger charge is -2.29. The molecule has 0 saturated heterocycles. The zero-order valence-corrected chi connectivity index (χ0v) is 22.7.